The van der Waals surface area contributed by atoms with Gasteiger partial charge in [-0.15, -0.1) is 0 Å². The number of hydrogen-bond acceptors (Lipinski definition) is 4. The molecule has 17 heavy (non-hydrogen) atoms. The summed E-state index contributed by atoms with van der Waals surface area (Å²) in [6.07, 6.45) is 0. The van der Waals surface area contributed by atoms with Crippen molar-refractivity contribution in [2.75, 3.05) is 12.8 Å². The van der Waals surface area contributed by atoms with E-state index in [-0.39, 0.29) is 0 Å². The van der Waals surface area contributed by atoms with E-state index in [1.54, 1.807) is 19.2 Å². The third kappa shape index (κ3) is 3.28. The molecule has 0 fully saturated rings. The molecule has 5 heteroatoms. The minimum absolute atomic E-state index is 0.404. The molecule has 0 unspecified atom stereocenters. The first kappa shape index (κ1) is 12.1. The Morgan fingerprint density at radius 3 is 2.53 bits per heavy atom. The van der Waals surface area contributed by atoms with Gasteiger partial charge in [-0.05, 0) is 36.4 Å². The van der Waals surface area contributed by atoms with E-state index >= 15 is 0 Å². The van der Waals surface area contributed by atoms with E-state index in [2.05, 4.69) is 4.98 Å². The molecule has 1 aromatic heterocycles. The predicted molar refractivity (Wildman–Crippen MR) is 70.8 cm³/mol. The monoisotopic (exact) mass is 266 g/mol. The summed E-state index contributed by atoms with van der Waals surface area (Å²) < 4.78 is 5.09. The first-order valence-corrected chi connectivity index (χ1v) is 6.12. The first-order chi connectivity index (χ1) is 8.17. The van der Waals surface area contributed by atoms with E-state index in [9.17, 15) is 0 Å². The van der Waals surface area contributed by atoms with E-state index in [1.807, 2.05) is 24.3 Å². The number of anilines is 1. The van der Waals surface area contributed by atoms with E-state index < -0.39 is 0 Å². The molecule has 1 heterocycles. The van der Waals surface area contributed by atoms with Crippen molar-refractivity contribution >= 4 is 29.1 Å². The van der Waals surface area contributed by atoms with Crippen LogP contribution in [-0.2, 0) is 0 Å². The van der Waals surface area contributed by atoms with Crippen molar-refractivity contribution in [3.8, 4) is 5.75 Å². The molecule has 0 bridgehead atoms. The highest BCUT2D eigenvalue weighted by Crippen LogP contribution is 2.29. The van der Waals surface area contributed by atoms with Crippen LogP contribution in [-0.4, -0.2) is 12.1 Å². The number of methoxy groups -OCH3 is 1. The number of nitrogens with two attached hydrogens (primary N) is 1. The van der Waals surface area contributed by atoms with Crippen LogP contribution in [0, 0.1) is 0 Å². The minimum Gasteiger partial charge on any atom is -0.497 e. The molecule has 1 aromatic carbocycles. The molecule has 88 valence electrons. The van der Waals surface area contributed by atoms with Gasteiger partial charge in [0.05, 0.1) is 7.11 Å². The highest BCUT2D eigenvalue weighted by Gasteiger charge is 2.02. The Bertz CT molecular complexity index is 496. The Kier molecular flexibility index (Phi) is 3.76. The molecule has 0 saturated heterocycles. The SMILES string of the molecule is COc1ccc(Sc2cc(N)cc(Cl)n2)cc1. The summed E-state index contributed by atoms with van der Waals surface area (Å²) in [6.45, 7) is 0. The lowest BCUT2D eigenvalue weighted by Crippen LogP contribution is -1.88. The number of ether oxygens (including phenoxy) is 1. The Labute approximate surface area is 109 Å². The van der Waals surface area contributed by atoms with Gasteiger partial charge >= 0.3 is 0 Å². The number of hydrogen-bond donors (Lipinski definition) is 1. The number of benzene rings is 1. The van der Waals surface area contributed by atoms with Gasteiger partial charge in [-0.25, -0.2) is 4.98 Å². The molecule has 0 aliphatic carbocycles. The highest BCUT2D eigenvalue weighted by atomic mass is 35.5. The van der Waals surface area contributed by atoms with Crippen molar-refractivity contribution < 1.29 is 4.74 Å². The van der Waals surface area contributed by atoms with Crippen molar-refractivity contribution in [3.05, 3.63) is 41.6 Å². The van der Waals surface area contributed by atoms with Gasteiger partial charge in [0.1, 0.15) is 15.9 Å². The second-order valence-electron chi connectivity index (χ2n) is 3.34. The fourth-order valence-corrected chi connectivity index (χ4v) is 2.43. The Balaban J connectivity index is 2.19. The Morgan fingerprint density at radius 1 is 1.24 bits per heavy atom. The Hall–Kier alpha value is -1.39. The average molecular weight is 267 g/mol. The normalized spacial score (nSPS) is 10.2. The van der Waals surface area contributed by atoms with Crippen LogP contribution >= 0.6 is 23.4 Å². The summed E-state index contributed by atoms with van der Waals surface area (Å²) in [6, 6.07) is 11.1. The maximum absolute atomic E-state index is 5.84. The van der Waals surface area contributed by atoms with Crippen molar-refractivity contribution in [2.24, 2.45) is 0 Å². The molecule has 2 N–H and O–H groups in total. The molecule has 3 nitrogen and oxygen atoms in total. The van der Waals surface area contributed by atoms with Gasteiger partial charge < -0.3 is 10.5 Å². The largest absolute Gasteiger partial charge is 0.497 e. The van der Waals surface area contributed by atoms with Gasteiger partial charge in [-0.1, -0.05) is 23.4 Å². The van der Waals surface area contributed by atoms with Crippen molar-refractivity contribution in [1.29, 1.82) is 0 Å². The maximum Gasteiger partial charge on any atom is 0.132 e. The molecular formula is C12H11ClN2OS. The molecule has 0 radical (unpaired) electrons. The van der Waals surface area contributed by atoms with Gasteiger partial charge in [0.2, 0.25) is 0 Å². The van der Waals surface area contributed by atoms with Crippen LogP contribution in [0.3, 0.4) is 0 Å². The molecule has 0 saturated carbocycles. The summed E-state index contributed by atoms with van der Waals surface area (Å²) in [4.78, 5) is 5.24. The average Bonchev–Trinajstić information content (AvgIpc) is 2.28. The summed E-state index contributed by atoms with van der Waals surface area (Å²) >= 11 is 7.34. The topological polar surface area (TPSA) is 48.1 Å². The summed E-state index contributed by atoms with van der Waals surface area (Å²) in [7, 11) is 1.64. The van der Waals surface area contributed by atoms with Crippen LogP contribution in [0.5, 0.6) is 5.75 Å². The van der Waals surface area contributed by atoms with Crippen LogP contribution in [0.2, 0.25) is 5.15 Å². The van der Waals surface area contributed by atoms with Crippen molar-refractivity contribution in [3.63, 3.8) is 0 Å². The first-order valence-electron chi connectivity index (χ1n) is 4.92. The lowest BCUT2D eigenvalue weighted by molar-refractivity contribution is 0.414. The molecule has 0 amide bonds. The van der Waals surface area contributed by atoms with Crippen molar-refractivity contribution in [1.82, 2.24) is 4.98 Å². The van der Waals surface area contributed by atoms with Crippen LogP contribution in [0.1, 0.15) is 0 Å². The fraction of sp³-hybridized carbons (Fsp3) is 0.0833. The molecule has 2 aromatic rings. The predicted octanol–water partition coefficient (Wildman–Crippen LogP) is 3.48. The maximum atomic E-state index is 5.84. The number of pyridine rings is 1. The second kappa shape index (κ2) is 5.29. The van der Waals surface area contributed by atoms with Crippen LogP contribution in [0.25, 0.3) is 0 Å². The van der Waals surface area contributed by atoms with Gasteiger partial charge in [-0.2, -0.15) is 0 Å². The zero-order valence-electron chi connectivity index (χ0n) is 9.18. The lowest BCUT2D eigenvalue weighted by Gasteiger charge is -2.04. The van der Waals surface area contributed by atoms with Gasteiger partial charge in [-0.3, -0.25) is 0 Å². The minimum atomic E-state index is 0.404. The molecular weight excluding hydrogens is 256 g/mol. The summed E-state index contributed by atoms with van der Waals surface area (Å²) in [5, 5.41) is 1.18. The van der Waals surface area contributed by atoms with E-state index in [0.29, 0.717) is 10.8 Å². The van der Waals surface area contributed by atoms with E-state index in [4.69, 9.17) is 22.1 Å². The molecule has 0 atom stereocenters. The fourth-order valence-electron chi connectivity index (χ4n) is 1.31. The van der Waals surface area contributed by atoms with Crippen LogP contribution < -0.4 is 10.5 Å². The number of aromatic nitrogens is 1. The van der Waals surface area contributed by atoms with Crippen LogP contribution in [0.15, 0.2) is 46.3 Å². The number of halogens is 1. The third-order valence-electron chi connectivity index (χ3n) is 2.07. The smallest absolute Gasteiger partial charge is 0.132 e. The molecule has 2 rings (SSSR count). The number of nitrogens with zero attached hydrogens (tertiary/aromatic N) is 1. The lowest BCUT2D eigenvalue weighted by atomic mass is 10.3. The summed E-state index contributed by atoms with van der Waals surface area (Å²) in [5.74, 6) is 0.827. The quantitative estimate of drug-likeness (QED) is 0.864. The van der Waals surface area contributed by atoms with Gasteiger partial charge in [0.15, 0.2) is 0 Å². The van der Waals surface area contributed by atoms with E-state index in [0.717, 1.165) is 15.7 Å². The molecule has 0 aliphatic rings. The van der Waals surface area contributed by atoms with Crippen molar-refractivity contribution in [2.45, 2.75) is 9.92 Å². The number of nitrogen functional groups attached to an aromatic ring is 1. The molecule has 0 spiro atoms. The number of rotatable bonds is 3. The Morgan fingerprint density at radius 2 is 1.94 bits per heavy atom. The summed E-state index contributed by atoms with van der Waals surface area (Å²) in [5.41, 5.74) is 6.31. The zero-order chi connectivity index (χ0) is 12.3. The molecule has 0 aliphatic heterocycles. The van der Waals surface area contributed by atoms with Gasteiger partial charge in [0.25, 0.3) is 0 Å². The zero-order valence-corrected chi connectivity index (χ0v) is 10.8. The van der Waals surface area contributed by atoms with Gasteiger partial charge in [0, 0.05) is 10.6 Å². The third-order valence-corrected chi connectivity index (χ3v) is 3.19. The second-order valence-corrected chi connectivity index (χ2v) is 4.82. The van der Waals surface area contributed by atoms with Crippen LogP contribution in [0.4, 0.5) is 5.69 Å². The highest BCUT2D eigenvalue weighted by molar-refractivity contribution is 7.99. The standard InChI is InChI=1S/C12H11ClN2OS/c1-16-9-2-4-10(5-3-9)17-12-7-8(14)6-11(13)15-12/h2-7H,1H3,(H2,14,15). The van der Waals surface area contributed by atoms with E-state index in [1.165, 1.54) is 11.8 Å².